The molecule has 2 aromatic rings. The van der Waals surface area contributed by atoms with Gasteiger partial charge in [-0.1, -0.05) is 41.4 Å². The fourth-order valence-corrected chi connectivity index (χ4v) is 2.42. The van der Waals surface area contributed by atoms with Crippen LogP contribution in [0.5, 0.6) is 0 Å². The van der Waals surface area contributed by atoms with E-state index in [1.807, 2.05) is 24.3 Å². The average molecular weight is 298 g/mol. The average Bonchev–Trinajstić information content (AvgIpc) is 2.34. The summed E-state index contributed by atoms with van der Waals surface area (Å²) in [5, 5.41) is 0.835. The van der Waals surface area contributed by atoms with Gasteiger partial charge in [0.2, 0.25) is 0 Å². The van der Waals surface area contributed by atoms with Crippen molar-refractivity contribution in [1.29, 1.82) is 0 Å². The van der Waals surface area contributed by atoms with E-state index in [0.717, 1.165) is 17.5 Å². The Kier molecular flexibility index (Phi) is 4.81. The summed E-state index contributed by atoms with van der Waals surface area (Å²) in [6, 6.07) is 12.3. The van der Waals surface area contributed by atoms with Crippen molar-refractivity contribution in [3.05, 3.63) is 69.5 Å². The van der Waals surface area contributed by atoms with Crippen LogP contribution in [-0.2, 0) is 12.8 Å². The summed E-state index contributed by atoms with van der Waals surface area (Å²) >= 11 is 11.7. The third-order valence-electron chi connectivity index (χ3n) is 2.87. The van der Waals surface area contributed by atoms with Crippen molar-refractivity contribution in [1.82, 2.24) is 0 Å². The van der Waals surface area contributed by atoms with Crippen LogP contribution in [0.3, 0.4) is 0 Å². The van der Waals surface area contributed by atoms with E-state index in [-0.39, 0.29) is 11.1 Å². The zero-order chi connectivity index (χ0) is 13.8. The molecule has 0 radical (unpaired) electrons. The van der Waals surface area contributed by atoms with Crippen LogP contribution in [0.15, 0.2) is 42.5 Å². The van der Waals surface area contributed by atoms with Gasteiger partial charge in [-0.15, -0.1) is 0 Å². The largest absolute Gasteiger partial charge is 0.327 e. The monoisotopic (exact) mass is 297 g/mol. The first kappa shape index (κ1) is 14.3. The van der Waals surface area contributed by atoms with Crippen molar-refractivity contribution >= 4 is 23.2 Å². The molecule has 0 bridgehead atoms. The van der Waals surface area contributed by atoms with E-state index in [9.17, 15) is 4.39 Å². The molecule has 1 atom stereocenters. The van der Waals surface area contributed by atoms with Crippen LogP contribution in [0.1, 0.15) is 11.1 Å². The third-order valence-corrected chi connectivity index (χ3v) is 3.39. The Morgan fingerprint density at radius 2 is 1.68 bits per heavy atom. The molecule has 0 fully saturated rings. The van der Waals surface area contributed by atoms with Gasteiger partial charge in [-0.05, 0) is 48.2 Å². The molecule has 100 valence electrons. The molecule has 2 N–H and O–H groups in total. The molecule has 1 nitrogen and oxygen atoms in total. The molecular weight excluding hydrogens is 284 g/mol. The molecule has 19 heavy (non-hydrogen) atoms. The minimum absolute atomic E-state index is 0.0556. The van der Waals surface area contributed by atoms with Crippen molar-refractivity contribution < 1.29 is 4.39 Å². The Labute approximate surface area is 122 Å². The van der Waals surface area contributed by atoms with Gasteiger partial charge in [-0.3, -0.25) is 0 Å². The first-order valence-electron chi connectivity index (χ1n) is 5.98. The van der Waals surface area contributed by atoms with E-state index < -0.39 is 5.82 Å². The molecule has 0 saturated carbocycles. The highest BCUT2D eigenvalue weighted by atomic mass is 35.5. The minimum atomic E-state index is -0.408. The lowest BCUT2D eigenvalue weighted by Crippen LogP contribution is -2.25. The van der Waals surface area contributed by atoms with Crippen LogP contribution >= 0.6 is 23.2 Å². The lowest BCUT2D eigenvalue weighted by Gasteiger charge is -2.12. The summed E-state index contributed by atoms with van der Waals surface area (Å²) in [5.41, 5.74) is 8.12. The maximum atomic E-state index is 13.0. The van der Waals surface area contributed by atoms with Crippen LogP contribution in [-0.4, -0.2) is 6.04 Å². The molecule has 2 aromatic carbocycles. The van der Waals surface area contributed by atoms with Gasteiger partial charge in [-0.25, -0.2) is 4.39 Å². The summed E-state index contributed by atoms with van der Waals surface area (Å²) in [6.45, 7) is 0. The molecule has 0 saturated heterocycles. The van der Waals surface area contributed by atoms with Gasteiger partial charge in [0.25, 0.3) is 0 Å². The smallest absolute Gasteiger partial charge is 0.141 e. The molecule has 0 aromatic heterocycles. The zero-order valence-corrected chi connectivity index (χ0v) is 11.8. The van der Waals surface area contributed by atoms with Crippen molar-refractivity contribution in [2.45, 2.75) is 18.9 Å². The van der Waals surface area contributed by atoms with E-state index in [0.29, 0.717) is 11.4 Å². The molecule has 2 rings (SSSR count). The molecule has 1 unspecified atom stereocenters. The van der Waals surface area contributed by atoms with Gasteiger partial charge in [0, 0.05) is 11.1 Å². The summed E-state index contributed by atoms with van der Waals surface area (Å²) in [6.07, 6.45) is 1.36. The highest BCUT2D eigenvalue weighted by Crippen LogP contribution is 2.18. The summed E-state index contributed by atoms with van der Waals surface area (Å²) in [7, 11) is 0. The standard InChI is InChI=1S/C15H14Cl2FN/c16-12-3-1-2-10(6-12)7-13(19)8-11-4-5-15(18)14(17)9-11/h1-6,9,13H,7-8,19H2. The number of benzene rings is 2. The topological polar surface area (TPSA) is 26.0 Å². The van der Waals surface area contributed by atoms with Crippen molar-refractivity contribution in [3.8, 4) is 0 Å². The fourth-order valence-electron chi connectivity index (χ4n) is 2.01. The second-order valence-electron chi connectivity index (χ2n) is 4.55. The van der Waals surface area contributed by atoms with Crippen LogP contribution in [0.4, 0.5) is 4.39 Å². The Morgan fingerprint density at radius 3 is 2.32 bits per heavy atom. The molecule has 0 aliphatic heterocycles. The Bertz CT molecular complexity index is 572. The SMILES string of the molecule is NC(Cc1cccc(Cl)c1)Cc1ccc(F)c(Cl)c1. The summed E-state index contributed by atoms with van der Waals surface area (Å²) in [4.78, 5) is 0. The van der Waals surface area contributed by atoms with E-state index >= 15 is 0 Å². The molecule has 0 spiro atoms. The van der Waals surface area contributed by atoms with Gasteiger partial charge in [-0.2, -0.15) is 0 Å². The van der Waals surface area contributed by atoms with E-state index in [2.05, 4.69) is 0 Å². The van der Waals surface area contributed by atoms with E-state index in [4.69, 9.17) is 28.9 Å². The number of hydrogen-bond donors (Lipinski definition) is 1. The van der Waals surface area contributed by atoms with Gasteiger partial charge in [0.15, 0.2) is 0 Å². The van der Waals surface area contributed by atoms with Crippen LogP contribution in [0.25, 0.3) is 0 Å². The lowest BCUT2D eigenvalue weighted by atomic mass is 10.00. The maximum Gasteiger partial charge on any atom is 0.141 e. The molecular formula is C15H14Cl2FN. The van der Waals surface area contributed by atoms with Crippen LogP contribution in [0, 0.1) is 5.82 Å². The van der Waals surface area contributed by atoms with Gasteiger partial charge in [0.1, 0.15) is 5.82 Å². The second-order valence-corrected chi connectivity index (χ2v) is 5.39. The van der Waals surface area contributed by atoms with Gasteiger partial charge < -0.3 is 5.73 Å². The molecule has 0 aliphatic rings. The number of nitrogens with two attached hydrogens (primary N) is 1. The molecule has 0 aliphatic carbocycles. The van der Waals surface area contributed by atoms with E-state index in [1.54, 1.807) is 12.1 Å². The van der Waals surface area contributed by atoms with E-state index in [1.165, 1.54) is 6.07 Å². The highest BCUT2D eigenvalue weighted by molar-refractivity contribution is 6.31. The summed E-state index contributed by atoms with van der Waals surface area (Å²) < 4.78 is 13.0. The van der Waals surface area contributed by atoms with Gasteiger partial charge in [0.05, 0.1) is 5.02 Å². The Hall–Kier alpha value is -1.09. The van der Waals surface area contributed by atoms with Crippen molar-refractivity contribution in [2.24, 2.45) is 5.73 Å². The zero-order valence-electron chi connectivity index (χ0n) is 10.2. The predicted octanol–water partition coefficient (Wildman–Crippen LogP) is 4.25. The number of hydrogen-bond acceptors (Lipinski definition) is 1. The fraction of sp³-hybridized carbons (Fsp3) is 0.200. The van der Waals surface area contributed by atoms with Crippen molar-refractivity contribution in [3.63, 3.8) is 0 Å². The molecule has 0 heterocycles. The molecule has 4 heteroatoms. The molecule has 0 amide bonds. The lowest BCUT2D eigenvalue weighted by molar-refractivity contribution is 0.624. The second kappa shape index (κ2) is 6.38. The predicted molar refractivity (Wildman–Crippen MR) is 78.2 cm³/mol. The van der Waals surface area contributed by atoms with Gasteiger partial charge >= 0.3 is 0 Å². The Balaban J connectivity index is 2.01. The maximum absolute atomic E-state index is 13.0. The number of halogens is 3. The quantitative estimate of drug-likeness (QED) is 0.897. The summed E-state index contributed by atoms with van der Waals surface area (Å²) in [5.74, 6) is -0.408. The van der Waals surface area contributed by atoms with Crippen molar-refractivity contribution in [2.75, 3.05) is 0 Å². The first-order chi connectivity index (χ1) is 9.04. The normalized spacial score (nSPS) is 12.4. The minimum Gasteiger partial charge on any atom is -0.327 e. The van der Waals surface area contributed by atoms with Crippen LogP contribution < -0.4 is 5.73 Å². The number of rotatable bonds is 4. The first-order valence-corrected chi connectivity index (χ1v) is 6.74. The Morgan fingerprint density at radius 1 is 1.00 bits per heavy atom. The van der Waals surface area contributed by atoms with Crippen LogP contribution in [0.2, 0.25) is 10.0 Å². The highest BCUT2D eigenvalue weighted by Gasteiger charge is 2.08. The third kappa shape index (κ3) is 4.20.